The van der Waals surface area contributed by atoms with E-state index in [0.29, 0.717) is 11.4 Å². The summed E-state index contributed by atoms with van der Waals surface area (Å²) in [5, 5.41) is 13.0. The van der Waals surface area contributed by atoms with Gasteiger partial charge in [0.25, 0.3) is 0 Å². The van der Waals surface area contributed by atoms with E-state index in [0.717, 1.165) is 24.1 Å². The summed E-state index contributed by atoms with van der Waals surface area (Å²) >= 11 is 7.54. The fourth-order valence-corrected chi connectivity index (χ4v) is 3.50. The molecule has 1 aromatic rings. The standard InChI is InChI=1S/C10H14ClNOS/c11-8-3-5-14-9(8)10(13)4-1-2-7(12)6-10/h3,5,7,13H,1-2,4,6,12H2. The molecular formula is C10H14ClNOS. The van der Waals surface area contributed by atoms with Gasteiger partial charge in [0.1, 0.15) is 5.60 Å². The number of hydrogen-bond acceptors (Lipinski definition) is 3. The van der Waals surface area contributed by atoms with Crippen molar-refractivity contribution in [3.05, 3.63) is 21.3 Å². The summed E-state index contributed by atoms with van der Waals surface area (Å²) in [6.07, 6.45) is 3.39. The fourth-order valence-electron chi connectivity index (χ4n) is 2.13. The number of halogens is 1. The smallest absolute Gasteiger partial charge is 0.102 e. The fraction of sp³-hybridized carbons (Fsp3) is 0.600. The molecule has 0 saturated heterocycles. The van der Waals surface area contributed by atoms with Crippen molar-refractivity contribution in [3.63, 3.8) is 0 Å². The molecule has 1 aromatic heterocycles. The van der Waals surface area contributed by atoms with Crippen molar-refractivity contribution in [3.8, 4) is 0 Å². The zero-order chi connectivity index (χ0) is 10.2. The Bertz CT molecular complexity index is 328. The van der Waals surface area contributed by atoms with Crippen LogP contribution >= 0.6 is 22.9 Å². The Kier molecular flexibility index (Phi) is 2.84. The van der Waals surface area contributed by atoms with E-state index in [2.05, 4.69) is 0 Å². The summed E-state index contributed by atoms with van der Waals surface area (Å²) in [6, 6.07) is 1.94. The van der Waals surface area contributed by atoms with Gasteiger partial charge in [-0.15, -0.1) is 11.3 Å². The maximum Gasteiger partial charge on any atom is 0.102 e. The van der Waals surface area contributed by atoms with E-state index in [1.165, 1.54) is 11.3 Å². The minimum absolute atomic E-state index is 0.104. The van der Waals surface area contributed by atoms with E-state index in [1.54, 1.807) is 0 Å². The van der Waals surface area contributed by atoms with Crippen LogP contribution in [0.15, 0.2) is 11.4 Å². The molecule has 1 heterocycles. The van der Waals surface area contributed by atoms with Crippen molar-refractivity contribution in [2.24, 2.45) is 5.73 Å². The quantitative estimate of drug-likeness (QED) is 0.780. The van der Waals surface area contributed by atoms with Crippen molar-refractivity contribution >= 4 is 22.9 Å². The summed E-state index contributed by atoms with van der Waals surface area (Å²) in [5.74, 6) is 0. The maximum atomic E-state index is 10.4. The molecule has 2 nitrogen and oxygen atoms in total. The van der Waals surface area contributed by atoms with Gasteiger partial charge in [-0.3, -0.25) is 0 Å². The molecule has 2 rings (SSSR count). The van der Waals surface area contributed by atoms with Crippen LogP contribution in [0.5, 0.6) is 0 Å². The molecule has 0 radical (unpaired) electrons. The van der Waals surface area contributed by atoms with Gasteiger partial charge in [-0.1, -0.05) is 11.6 Å². The van der Waals surface area contributed by atoms with Gasteiger partial charge >= 0.3 is 0 Å². The van der Waals surface area contributed by atoms with Crippen molar-refractivity contribution in [2.75, 3.05) is 0 Å². The van der Waals surface area contributed by atoms with Gasteiger partial charge in [-0.2, -0.15) is 0 Å². The van der Waals surface area contributed by atoms with Crippen LogP contribution in [0.3, 0.4) is 0 Å². The van der Waals surface area contributed by atoms with Gasteiger partial charge in [0.05, 0.1) is 9.90 Å². The average molecular weight is 232 g/mol. The van der Waals surface area contributed by atoms with E-state index in [4.69, 9.17) is 17.3 Å². The number of nitrogens with two attached hydrogens (primary N) is 1. The second-order valence-electron chi connectivity index (χ2n) is 3.99. The van der Waals surface area contributed by atoms with Crippen LogP contribution < -0.4 is 5.73 Å². The number of thiophene rings is 1. The first-order valence-corrected chi connectivity index (χ1v) is 6.09. The molecule has 1 saturated carbocycles. The topological polar surface area (TPSA) is 46.2 Å². The van der Waals surface area contributed by atoms with Crippen LogP contribution in [0.2, 0.25) is 5.02 Å². The van der Waals surface area contributed by atoms with Crippen molar-refractivity contribution in [1.29, 1.82) is 0 Å². The van der Waals surface area contributed by atoms with Crippen molar-refractivity contribution in [1.82, 2.24) is 0 Å². The Morgan fingerprint density at radius 3 is 3.00 bits per heavy atom. The van der Waals surface area contributed by atoms with Gasteiger partial charge in [0.15, 0.2) is 0 Å². The van der Waals surface area contributed by atoms with Crippen molar-refractivity contribution in [2.45, 2.75) is 37.3 Å². The largest absolute Gasteiger partial charge is 0.384 e. The molecule has 2 atom stereocenters. The molecule has 1 fully saturated rings. The van der Waals surface area contributed by atoms with Crippen molar-refractivity contribution < 1.29 is 5.11 Å². The molecule has 0 bridgehead atoms. The van der Waals surface area contributed by atoms with Crippen LogP contribution in [0.25, 0.3) is 0 Å². The van der Waals surface area contributed by atoms with Gasteiger partial charge in [-0.05, 0) is 37.1 Å². The highest BCUT2D eigenvalue weighted by molar-refractivity contribution is 7.10. The molecule has 14 heavy (non-hydrogen) atoms. The molecule has 0 aromatic carbocycles. The van der Waals surface area contributed by atoms with Gasteiger partial charge in [-0.25, -0.2) is 0 Å². The lowest BCUT2D eigenvalue weighted by Crippen LogP contribution is -2.38. The third-order valence-electron chi connectivity index (χ3n) is 2.80. The van der Waals surface area contributed by atoms with Crippen LogP contribution in [0.1, 0.15) is 30.6 Å². The lowest BCUT2D eigenvalue weighted by atomic mass is 9.81. The first-order chi connectivity index (χ1) is 6.62. The summed E-state index contributed by atoms with van der Waals surface area (Å²) in [5.41, 5.74) is 5.09. The van der Waals surface area contributed by atoms with Gasteiger partial charge in [0, 0.05) is 6.04 Å². The summed E-state index contributed by atoms with van der Waals surface area (Å²) in [4.78, 5) is 0.884. The third kappa shape index (κ3) is 1.82. The zero-order valence-electron chi connectivity index (χ0n) is 7.87. The normalized spacial score (nSPS) is 33.2. The summed E-state index contributed by atoms with van der Waals surface area (Å²) in [7, 11) is 0. The lowest BCUT2D eigenvalue weighted by molar-refractivity contribution is -0.00370. The monoisotopic (exact) mass is 231 g/mol. The summed E-state index contributed by atoms with van der Waals surface area (Å²) in [6.45, 7) is 0. The molecule has 1 aliphatic rings. The second-order valence-corrected chi connectivity index (χ2v) is 5.31. The predicted molar refractivity (Wildman–Crippen MR) is 59.7 cm³/mol. The Hall–Kier alpha value is -0.0900. The van der Waals surface area contributed by atoms with Gasteiger partial charge in [0.2, 0.25) is 0 Å². The Morgan fingerprint density at radius 2 is 2.43 bits per heavy atom. The third-order valence-corrected chi connectivity index (χ3v) is 4.34. The number of hydrogen-bond donors (Lipinski definition) is 2. The summed E-state index contributed by atoms with van der Waals surface area (Å²) < 4.78 is 0. The zero-order valence-corrected chi connectivity index (χ0v) is 9.44. The van der Waals surface area contributed by atoms with Gasteiger partial charge < -0.3 is 10.8 Å². The minimum atomic E-state index is -0.775. The maximum absolute atomic E-state index is 10.4. The van der Waals surface area contributed by atoms with Crippen LogP contribution in [-0.2, 0) is 5.60 Å². The Labute approximate surface area is 92.7 Å². The SMILES string of the molecule is NC1CCCC(O)(c2sccc2Cl)C1. The predicted octanol–water partition coefficient (Wildman–Crippen LogP) is 2.49. The molecule has 4 heteroatoms. The molecule has 78 valence electrons. The second kappa shape index (κ2) is 3.81. The van der Waals surface area contributed by atoms with E-state index >= 15 is 0 Å². The van der Waals surface area contributed by atoms with E-state index in [1.807, 2.05) is 11.4 Å². The number of aliphatic hydroxyl groups is 1. The van der Waals surface area contributed by atoms with E-state index in [9.17, 15) is 5.11 Å². The molecule has 0 spiro atoms. The highest BCUT2D eigenvalue weighted by atomic mass is 35.5. The number of rotatable bonds is 1. The minimum Gasteiger partial charge on any atom is -0.384 e. The molecule has 0 amide bonds. The highest BCUT2D eigenvalue weighted by Gasteiger charge is 2.36. The molecule has 0 aliphatic heterocycles. The van der Waals surface area contributed by atoms with Crippen LogP contribution in [0, 0.1) is 0 Å². The van der Waals surface area contributed by atoms with Crippen LogP contribution in [-0.4, -0.2) is 11.1 Å². The van der Waals surface area contributed by atoms with E-state index in [-0.39, 0.29) is 6.04 Å². The first kappa shape index (κ1) is 10.4. The molecule has 2 unspecified atom stereocenters. The molecule has 1 aliphatic carbocycles. The Balaban J connectivity index is 2.27. The molecule has 3 N–H and O–H groups in total. The Morgan fingerprint density at radius 1 is 1.64 bits per heavy atom. The van der Waals surface area contributed by atoms with Crippen LogP contribution in [0.4, 0.5) is 0 Å². The lowest BCUT2D eigenvalue weighted by Gasteiger charge is -2.34. The first-order valence-electron chi connectivity index (χ1n) is 4.83. The highest BCUT2D eigenvalue weighted by Crippen LogP contribution is 2.42. The van der Waals surface area contributed by atoms with E-state index < -0.39 is 5.60 Å². The average Bonchev–Trinajstić information content (AvgIpc) is 2.51. The molecular weight excluding hydrogens is 218 g/mol.